The molecule has 19 heavy (non-hydrogen) atoms. The summed E-state index contributed by atoms with van der Waals surface area (Å²) in [6.07, 6.45) is 9.75. The molecular weight excluding hydrogens is 238 g/mol. The molecule has 2 aliphatic carbocycles. The highest BCUT2D eigenvalue weighted by Crippen LogP contribution is 2.28. The van der Waals surface area contributed by atoms with Crippen molar-refractivity contribution in [3.05, 3.63) is 18.0 Å². The quantitative estimate of drug-likeness (QED) is 0.665. The van der Waals surface area contributed by atoms with E-state index in [2.05, 4.69) is 31.9 Å². The standard InChI is InChI=1S/C14H23N5/c1-18(12-6-7-12)14(15)16-10-11-8-9-19(17-11)13-4-2-3-5-13/h8-9,12-13H,2-7,10H2,1H3,(H2,15,16). The van der Waals surface area contributed by atoms with E-state index in [0.29, 0.717) is 24.6 Å². The molecule has 2 saturated carbocycles. The predicted octanol–water partition coefficient (Wildman–Crippen LogP) is 1.91. The van der Waals surface area contributed by atoms with Crippen LogP contribution in [0.25, 0.3) is 0 Å². The third-order valence-electron chi connectivity index (χ3n) is 4.22. The van der Waals surface area contributed by atoms with Crippen molar-refractivity contribution in [2.45, 2.75) is 57.2 Å². The summed E-state index contributed by atoms with van der Waals surface area (Å²) in [5.41, 5.74) is 6.99. The average Bonchev–Trinajstić information content (AvgIpc) is 2.93. The third kappa shape index (κ3) is 2.91. The molecule has 5 nitrogen and oxygen atoms in total. The van der Waals surface area contributed by atoms with Gasteiger partial charge in [-0.25, -0.2) is 4.99 Å². The van der Waals surface area contributed by atoms with Crippen LogP contribution in [-0.2, 0) is 6.54 Å². The fraction of sp³-hybridized carbons (Fsp3) is 0.714. The Kier molecular flexibility index (Phi) is 3.44. The van der Waals surface area contributed by atoms with Crippen LogP contribution in [0.5, 0.6) is 0 Å². The summed E-state index contributed by atoms with van der Waals surface area (Å²) in [6, 6.07) is 3.27. The van der Waals surface area contributed by atoms with E-state index in [4.69, 9.17) is 5.73 Å². The Morgan fingerprint density at radius 2 is 2.16 bits per heavy atom. The maximum absolute atomic E-state index is 5.98. The topological polar surface area (TPSA) is 59.4 Å². The second-order valence-electron chi connectivity index (χ2n) is 5.74. The van der Waals surface area contributed by atoms with E-state index in [-0.39, 0.29) is 0 Å². The van der Waals surface area contributed by atoms with Crippen molar-refractivity contribution < 1.29 is 0 Å². The maximum atomic E-state index is 5.98. The Morgan fingerprint density at radius 3 is 2.84 bits per heavy atom. The Hall–Kier alpha value is -1.52. The minimum atomic E-state index is 0.586. The van der Waals surface area contributed by atoms with Gasteiger partial charge in [0.25, 0.3) is 0 Å². The van der Waals surface area contributed by atoms with Gasteiger partial charge in [-0.2, -0.15) is 5.10 Å². The second-order valence-corrected chi connectivity index (χ2v) is 5.74. The number of aromatic nitrogens is 2. The zero-order chi connectivity index (χ0) is 13.2. The minimum absolute atomic E-state index is 0.586. The van der Waals surface area contributed by atoms with Gasteiger partial charge in [-0.15, -0.1) is 0 Å². The molecule has 104 valence electrons. The van der Waals surface area contributed by atoms with Gasteiger partial charge >= 0.3 is 0 Å². The summed E-state index contributed by atoms with van der Waals surface area (Å²) in [6.45, 7) is 0.586. The van der Waals surface area contributed by atoms with Gasteiger partial charge in [0.2, 0.25) is 0 Å². The molecule has 0 unspecified atom stereocenters. The van der Waals surface area contributed by atoms with Crippen LogP contribution >= 0.6 is 0 Å². The first-order chi connectivity index (χ1) is 9.24. The van der Waals surface area contributed by atoms with Crippen molar-refractivity contribution in [2.24, 2.45) is 10.7 Å². The smallest absolute Gasteiger partial charge is 0.191 e. The van der Waals surface area contributed by atoms with Crippen LogP contribution in [0.3, 0.4) is 0 Å². The van der Waals surface area contributed by atoms with Gasteiger partial charge in [-0.3, -0.25) is 4.68 Å². The van der Waals surface area contributed by atoms with E-state index < -0.39 is 0 Å². The molecule has 2 fully saturated rings. The molecule has 0 atom stereocenters. The molecule has 2 N–H and O–H groups in total. The molecule has 0 aromatic carbocycles. The molecule has 0 saturated heterocycles. The Labute approximate surface area is 114 Å². The van der Waals surface area contributed by atoms with Crippen LogP contribution in [0.2, 0.25) is 0 Å². The van der Waals surface area contributed by atoms with Gasteiger partial charge in [0.05, 0.1) is 18.3 Å². The number of rotatable bonds is 4. The highest BCUT2D eigenvalue weighted by molar-refractivity contribution is 5.78. The van der Waals surface area contributed by atoms with Crippen molar-refractivity contribution in [3.63, 3.8) is 0 Å². The number of guanidine groups is 1. The van der Waals surface area contributed by atoms with Gasteiger partial charge in [0, 0.05) is 19.3 Å². The van der Waals surface area contributed by atoms with Crippen LogP contribution in [0.1, 0.15) is 50.3 Å². The van der Waals surface area contributed by atoms with E-state index in [0.717, 1.165) is 5.69 Å². The summed E-state index contributed by atoms with van der Waals surface area (Å²) in [5.74, 6) is 0.637. The molecule has 0 aliphatic heterocycles. The fourth-order valence-corrected chi connectivity index (χ4v) is 2.76. The molecular formula is C14H23N5. The van der Waals surface area contributed by atoms with Crippen molar-refractivity contribution >= 4 is 5.96 Å². The van der Waals surface area contributed by atoms with Crippen LogP contribution in [0.4, 0.5) is 0 Å². The highest BCUT2D eigenvalue weighted by Gasteiger charge is 2.27. The van der Waals surface area contributed by atoms with E-state index in [1.165, 1.54) is 38.5 Å². The first-order valence-corrected chi connectivity index (χ1v) is 7.31. The third-order valence-corrected chi connectivity index (χ3v) is 4.22. The first-order valence-electron chi connectivity index (χ1n) is 7.31. The van der Waals surface area contributed by atoms with Crippen LogP contribution in [0, 0.1) is 0 Å². The van der Waals surface area contributed by atoms with E-state index in [9.17, 15) is 0 Å². The molecule has 2 aliphatic rings. The summed E-state index contributed by atoms with van der Waals surface area (Å²) in [4.78, 5) is 6.52. The number of hydrogen-bond acceptors (Lipinski definition) is 2. The maximum Gasteiger partial charge on any atom is 0.191 e. The van der Waals surface area contributed by atoms with Crippen LogP contribution in [0.15, 0.2) is 17.3 Å². The van der Waals surface area contributed by atoms with Gasteiger partial charge < -0.3 is 10.6 Å². The lowest BCUT2D eigenvalue weighted by molar-refractivity contribution is 0.462. The zero-order valence-electron chi connectivity index (χ0n) is 11.6. The average molecular weight is 261 g/mol. The van der Waals surface area contributed by atoms with Gasteiger partial charge in [0.1, 0.15) is 0 Å². The lowest BCUT2D eigenvalue weighted by Gasteiger charge is -2.16. The van der Waals surface area contributed by atoms with E-state index >= 15 is 0 Å². The minimum Gasteiger partial charge on any atom is -0.370 e. The van der Waals surface area contributed by atoms with Crippen molar-refractivity contribution in [1.29, 1.82) is 0 Å². The SMILES string of the molecule is CN(C(N)=NCc1ccn(C2CCCC2)n1)C1CC1. The molecule has 0 radical (unpaired) electrons. The van der Waals surface area contributed by atoms with Crippen molar-refractivity contribution in [2.75, 3.05) is 7.05 Å². The summed E-state index contributed by atoms with van der Waals surface area (Å²) < 4.78 is 2.11. The summed E-state index contributed by atoms with van der Waals surface area (Å²) >= 11 is 0. The number of nitrogens with two attached hydrogens (primary N) is 1. The monoisotopic (exact) mass is 261 g/mol. The number of hydrogen-bond donors (Lipinski definition) is 1. The molecule has 1 heterocycles. The molecule has 5 heteroatoms. The van der Waals surface area contributed by atoms with Gasteiger partial charge in [-0.05, 0) is 31.7 Å². The lowest BCUT2D eigenvalue weighted by atomic mass is 10.3. The molecule has 3 rings (SSSR count). The number of nitrogens with zero attached hydrogens (tertiary/aromatic N) is 4. The van der Waals surface area contributed by atoms with Crippen LogP contribution in [-0.4, -0.2) is 33.7 Å². The van der Waals surface area contributed by atoms with Gasteiger partial charge in [0.15, 0.2) is 5.96 Å². The largest absolute Gasteiger partial charge is 0.370 e. The lowest BCUT2D eigenvalue weighted by Crippen LogP contribution is -2.35. The zero-order valence-corrected chi connectivity index (χ0v) is 11.6. The fourth-order valence-electron chi connectivity index (χ4n) is 2.76. The van der Waals surface area contributed by atoms with Crippen molar-refractivity contribution in [3.8, 4) is 0 Å². The van der Waals surface area contributed by atoms with E-state index in [1.54, 1.807) is 0 Å². The molecule has 0 bridgehead atoms. The Balaban J connectivity index is 1.58. The second kappa shape index (κ2) is 5.23. The highest BCUT2D eigenvalue weighted by atomic mass is 15.3. The first kappa shape index (κ1) is 12.5. The normalized spacial score (nSPS) is 21.0. The molecule has 1 aromatic rings. The van der Waals surface area contributed by atoms with E-state index in [1.807, 2.05) is 7.05 Å². The molecule has 0 amide bonds. The molecule has 1 aromatic heterocycles. The molecule has 0 spiro atoms. The van der Waals surface area contributed by atoms with Crippen molar-refractivity contribution in [1.82, 2.24) is 14.7 Å². The number of aliphatic imine (C=N–C) groups is 1. The summed E-state index contributed by atoms with van der Waals surface area (Å²) in [7, 11) is 2.02. The van der Waals surface area contributed by atoms with Gasteiger partial charge in [-0.1, -0.05) is 12.8 Å². The Bertz CT molecular complexity index is 454. The summed E-state index contributed by atoms with van der Waals surface area (Å²) in [5, 5.41) is 4.62. The Morgan fingerprint density at radius 1 is 1.42 bits per heavy atom. The van der Waals surface area contributed by atoms with Crippen LogP contribution < -0.4 is 5.73 Å². The predicted molar refractivity (Wildman–Crippen MR) is 75.8 cm³/mol.